The first-order valence-corrected chi connectivity index (χ1v) is 10.6. The lowest BCUT2D eigenvalue weighted by atomic mass is 10.1. The maximum atomic E-state index is 13.2. The second-order valence-electron chi connectivity index (χ2n) is 6.91. The summed E-state index contributed by atoms with van der Waals surface area (Å²) in [4.78, 5) is 24.8. The standard InChI is InChI=1S/C24H18FN3O3S/c1-15(29)18-8-5-9-20(14-18)26-22(30)21(16-6-3-2-4-7-16)32-24-28-27-23(31-24)17-10-12-19(25)13-11-17/h2-14,21H,1H3,(H,26,30). The van der Waals surface area contributed by atoms with Crippen molar-refractivity contribution in [3.8, 4) is 11.5 Å². The van der Waals surface area contributed by atoms with Crippen LogP contribution in [0.4, 0.5) is 10.1 Å². The van der Waals surface area contributed by atoms with E-state index in [4.69, 9.17) is 4.42 Å². The van der Waals surface area contributed by atoms with Crippen LogP contribution in [0.25, 0.3) is 11.5 Å². The number of carbonyl (C=O) groups excluding carboxylic acids is 2. The van der Waals surface area contributed by atoms with Gasteiger partial charge in [0.1, 0.15) is 11.1 Å². The van der Waals surface area contributed by atoms with Gasteiger partial charge < -0.3 is 9.73 Å². The van der Waals surface area contributed by atoms with Gasteiger partial charge in [-0.05, 0) is 60.6 Å². The van der Waals surface area contributed by atoms with Gasteiger partial charge in [0.15, 0.2) is 5.78 Å². The van der Waals surface area contributed by atoms with Crippen molar-refractivity contribution in [3.05, 3.63) is 95.8 Å². The van der Waals surface area contributed by atoms with Crippen molar-refractivity contribution in [2.45, 2.75) is 17.4 Å². The van der Waals surface area contributed by atoms with E-state index in [1.807, 2.05) is 30.3 Å². The Balaban J connectivity index is 1.58. The Bertz CT molecular complexity index is 1240. The van der Waals surface area contributed by atoms with Crippen molar-refractivity contribution in [3.63, 3.8) is 0 Å². The van der Waals surface area contributed by atoms with Crippen LogP contribution in [0.5, 0.6) is 0 Å². The first-order chi connectivity index (χ1) is 15.5. The molecule has 8 heteroatoms. The molecule has 0 radical (unpaired) electrons. The van der Waals surface area contributed by atoms with E-state index in [2.05, 4.69) is 15.5 Å². The van der Waals surface area contributed by atoms with Gasteiger partial charge in [-0.1, -0.05) is 42.5 Å². The number of benzene rings is 3. The fourth-order valence-corrected chi connectivity index (χ4v) is 3.87. The van der Waals surface area contributed by atoms with Gasteiger partial charge in [-0.25, -0.2) is 4.39 Å². The van der Waals surface area contributed by atoms with Gasteiger partial charge in [0.25, 0.3) is 5.22 Å². The average molecular weight is 447 g/mol. The summed E-state index contributed by atoms with van der Waals surface area (Å²) in [5.74, 6) is -0.524. The molecule has 4 rings (SSSR count). The van der Waals surface area contributed by atoms with Crippen molar-refractivity contribution < 1.29 is 18.4 Å². The number of halogens is 1. The Labute approximate surface area is 187 Å². The Hall–Kier alpha value is -3.78. The van der Waals surface area contributed by atoms with Gasteiger partial charge in [-0.2, -0.15) is 0 Å². The molecule has 1 unspecified atom stereocenters. The smallest absolute Gasteiger partial charge is 0.277 e. The first kappa shape index (κ1) is 21.5. The molecule has 0 fully saturated rings. The van der Waals surface area contributed by atoms with Gasteiger partial charge in [-0.15, -0.1) is 10.2 Å². The van der Waals surface area contributed by atoms with Crippen LogP contribution in [0.15, 0.2) is 88.5 Å². The molecule has 6 nitrogen and oxygen atoms in total. The molecule has 0 bridgehead atoms. The molecule has 160 valence electrons. The predicted octanol–water partition coefficient (Wildman–Crippen LogP) is 5.55. The highest BCUT2D eigenvalue weighted by molar-refractivity contribution is 8.00. The molecule has 3 aromatic carbocycles. The van der Waals surface area contributed by atoms with Crippen LogP contribution in [-0.2, 0) is 4.79 Å². The van der Waals surface area contributed by atoms with E-state index in [0.29, 0.717) is 16.8 Å². The minimum atomic E-state index is -0.682. The summed E-state index contributed by atoms with van der Waals surface area (Å²) in [5, 5.41) is 10.4. The lowest BCUT2D eigenvalue weighted by Crippen LogP contribution is -2.19. The third-order valence-electron chi connectivity index (χ3n) is 4.59. The van der Waals surface area contributed by atoms with Crippen LogP contribution >= 0.6 is 11.8 Å². The average Bonchev–Trinajstić information content (AvgIpc) is 3.27. The SMILES string of the molecule is CC(=O)c1cccc(NC(=O)C(Sc2nnc(-c3ccc(F)cc3)o2)c2ccccc2)c1. The van der Waals surface area contributed by atoms with Crippen LogP contribution in [0.1, 0.15) is 28.1 Å². The molecule has 1 atom stereocenters. The minimum absolute atomic E-state index is 0.0886. The van der Waals surface area contributed by atoms with Gasteiger partial charge in [0.2, 0.25) is 11.8 Å². The van der Waals surface area contributed by atoms with Crippen LogP contribution in [0.3, 0.4) is 0 Å². The number of amides is 1. The van der Waals surface area contributed by atoms with Crippen molar-refractivity contribution in [2.75, 3.05) is 5.32 Å². The van der Waals surface area contributed by atoms with E-state index in [9.17, 15) is 14.0 Å². The van der Waals surface area contributed by atoms with Gasteiger partial charge >= 0.3 is 0 Å². The number of nitrogens with one attached hydrogen (secondary N) is 1. The second-order valence-corrected chi connectivity index (χ2v) is 7.97. The zero-order valence-electron chi connectivity index (χ0n) is 17.0. The summed E-state index contributed by atoms with van der Waals surface area (Å²) in [6, 6.07) is 21.7. The molecule has 0 spiro atoms. The third kappa shape index (κ3) is 5.09. The van der Waals surface area contributed by atoms with Gasteiger partial charge in [0, 0.05) is 16.8 Å². The highest BCUT2D eigenvalue weighted by Gasteiger charge is 2.25. The van der Waals surface area contributed by atoms with Crippen molar-refractivity contribution in [2.24, 2.45) is 0 Å². The van der Waals surface area contributed by atoms with Crippen LogP contribution in [-0.4, -0.2) is 21.9 Å². The van der Waals surface area contributed by atoms with E-state index in [1.165, 1.54) is 19.1 Å². The van der Waals surface area contributed by atoms with E-state index in [-0.39, 0.29) is 28.6 Å². The molecule has 1 heterocycles. The molecule has 0 aliphatic rings. The number of rotatable bonds is 7. The van der Waals surface area contributed by atoms with Crippen molar-refractivity contribution in [1.29, 1.82) is 0 Å². The summed E-state index contributed by atoms with van der Waals surface area (Å²) in [6.45, 7) is 1.47. The van der Waals surface area contributed by atoms with Crippen molar-refractivity contribution >= 4 is 29.1 Å². The highest BCUT2D eigenvalue weighted by Crippen LogP contribution is 2.36. The Morgan fingerprint density at radius 1 is 0.969 bits per heavy atom. The van der Waals surface area contributed by atoms with Crippen LogP contribution in [0, 0.1) is 5.82 Å². The maximum absolute atomic E-state index is 13.2. The van der Waals surface area contributed by atoms with Crippen molar-refractivity contribution in [1.82, 2.24) is 10.2 Å². The Morgan fingerprint density at radius 2 is 1.72 bits per heavy atom. The number of hydrogen-bond donors (Lipinski definition) is 1. The number of carbonyl (C=O) groups is 2. The summed E-state index contributed by atoms with van der Waals surface area (Å²) in [6.07, 6.45) is 0. The highest BCUT2D eigenvalue weighted by atomic mass is 32.2. The first-order valence-electron chi connectivity index (χ1n) is 9.72. The summed E-state index contributed by atoms with van der Waals surface area (Å²) in [7, 11) is 0. The maximum Gasteiger partial charge on any atom is 0.277 e. The number of nitrogens with zero attached hydrogens (tertiary/aromatic N) is 2. The summed E-state index contributed by atoms with van der Waals surface area (Å²) >= 11 is 1.10. The molecule has 0 saturated heterocycles. The number of thioether (sulfide) groups is 1. The van der Waals surface area contributed by atoms with Crippen LogP contribution < -0.4 is 5.32 Å². The third-order valence-corrected chi connectivity index (χ3v) is 5.68. The normalized spacial score (nSPS) is 11.7. The van der Waals surface area contributed by atoms with Crippen LogP contribution in [0.2, 0.25) is 0 Å². The van der Waals surface area contributed by atoms with E-state index in [1.54, 1.807) is 36.4 Å². The number of anilines is 1. The number of ketones is 1. The molecular weight excluding hydrogens is 429 g/mol. The number of aromatic nitrogens is 2. The Morgan fingerprint density at radius 3 is 2.44 bits per heavy atom. The molecule has 32 heavy (non-hydrogen) atoms. The molecule has 1 aromatic heterocycles. The van der Waals surface area contributed by atoms with Gasteiger partial charge in [-0.3, -0.25) is 9.59 Å². The lowest BCUT2D eigenvalue weighted by molar-refractivity contribution is -0.115. The second kappa shape index (κ2) is 9.57. The zero-order chi connectivity index (χ0) is 22.5. The topological polar surface area (TPSA) is 85.1 Å². The predicted molar refractivity (Wildman–Crippen MR) is 120 cm³/mol. The van der Waals surface area contributed by atoms with E-state index >= 15 is 0 Å². The fraction of sp³-hybridized carbons (Fsp3) is 0.0833. The molecule has 1 amide bonds. The summed E-state index contributed by atoms with van der Waals surface area (Å²) in [5.41, 5.74) is 2.35. The fourth-order valence-electron chi connectivity index (χ4n) is 2.99. The molecule has 0 aliphatic heterocycles. The number of Topliss-reactive ketones (excluding diaryl/α,β-unsaturated/α-hetero) is 1. The molecule has 0 aliphatic carbocycles. The largest absolute Gasteiger partial charge is 0.411 e. The van der Waals surface area contributed by atoms with E-state index in [0.717, 1.165) is 17.3 Å². The molecule has 1 N–H and O–H groups in total. The molecule has 0 saturated carbocycles. The zero-order valence-corrected chi connectivity index (χ0v) is 17.8. The monoisotopic (exact) mass is 447 g/mol. The molecule has 4 aromatic rings. The van der Waals surface area contributed by atoms with Gasteiger partial charge in [0.05, 0.1) is 0 Å². The quantitative estimate of drug-likeness (QED) is 0.295. The Kier molecular flexibility index (Phi) is 6.42. The lowest BCUT2D eigenvalue weighted by Gasteiger charge is -2.15. The number of hydrogen-bond acceptors (Lipinski definition) is 6. The minimum Gasteiger partial charge on any atom is -0.411 e. The van der Waals surface area contributed by atoms with E-state index < -0.39 is 5.25 Å². The molecular formula is C24H18FN3O3S. The summed E-state index contributed by atoms with van der Waals surface area (Å²) < 4.78 is 18.9.